The van der Waals surface area contributed by atoms with Gasteiger partial charge < -0.3 is 9.84 Å². The number of hydrogen-bond acceptors (Lipinski definition) is 5. The van der Waals surface area contributed by atoms with Gasteiger partial charge in [0.2, 0.25) is 0 Å². The number of phenols is 1. The predicted octanol–water partition coefficient (Wildman–Crippen LogP) is 2.25. The number of pyridine rings is 1. The zero-order valence-electron chi connectivity index (χ0n) is 10.4. The number of ether oxygens (including phenoxy) is 1. The molecule has 2 rings (SSSR count). The van der Waals surface area contributed by atoms with Crippen molar-refractivity contribution in [1.29, 1.82) is 0 Å². The molecule has 0 unspecified atom stereocenters. The fourth-order valence-corrected chi connectivity index (χ4v) is 3.01. The van der Waals surface area contributed by atoms with Gasteiger partial charge >= 0.3 is 0 Å². The molecule has 2 aromatic rings. The summed E-state index contributed by atoms with van der Waals surface area (Å²) in [6, 6.07) is 5.51. The summed E-state index contributed by atoms with van der Waals surface area (Å²) in [5.41, 5.74) is 0.184. The fraction of sp³-hybridized carbons (Fsp3) is 0.0833. The maximum absolute atomic E-state index is 12.1. The van der Waals surface area contributed by atoms with Crippen LogP contribution in [-0.2, 0) is 10.0 Å². The van der Waals surface area contributed by atoms with E-state index in [0.29, 0.717) is 0 Å². The number of phenolic OH excluding ortho intramolecular Hbond substituents is 1. The summed E-state index contributed by atoms with van der Waals surface area (Å²) >= 11 is 5.83. The zero-order valence-corrected chi connectivity index (χ0v) is 11.9. The SMILES string of the molecule is COc1ccc(NS(=O)(=O)c2cnccc2Cl)cc1O. The molecule has 8 heteroatoms. The number of anilines is 1. The molecule has 0 spiro atoms. The van der Waals surface area contributed by atoms with Crippen LogP contribution in [0.1, 0.15) is 0 Å². The highest BCUT2D eigenvalue weighted by Crippen LogP contribution is 2.30. The largest absolute Gasteiger partial charge is 0.504 e. The lowest BCUT2D eigenvalue weighted by molar-refractivity contribution is 0.373. The Morgan fingerprint density at radius 3 is 2.70 bits per heavy atom. The number of methoxy groups -OCH3 is 1. The van der Waals surface area contributed by atoms with Crippen molar-refractivity contribution in [1.82, 2.24) is 4.98 Å². The van der Waals surface area contributed by atoms with E-state index < -0.39 is 10.0 Å². The van der Waals surface area contributed by atoms with Crippen molar-refractivity contribution < 1.29 is 18.3 Å². The fourth-order valence-electron chi connectivity index (χ4n) is 1.52. The third kappa shape index (κ3) is 2.94. The van der Waals surface area contributed by atoms with E-state index in [2.05, 4.69) is 9.71 Å². The lowest BCUT2D eigenvalue weighted by Gasteiger charge is -2.10. The third-order valence-corrected chi connectivity index (χ3v) is 4.31. The van der Waals surface area contributed by atoms with E-state index in [-0.39, 0.29) is 27.1 Å². The standard InChI is InChI=1S/C12H11ClN2O4S/c1-19-11-3-2-8(6-10(11)16)15-20(17,18)12-7-14-5-4-9(12)13/h2-7,15-16H,1H3. The highest BCUT2D eigenvalue weighted by molar-refractivity contribution is 7.92. The summed E-state index contributed by atoms with van der Waals surface area (Å²) in [6.45, 7) is 0. The van der Waals surface area contributed by atoms with Gasteiger partial charge in [0, 0.05) is 18.5 Å². The van der Waals surface area contributed by atoms with E-state index in [9.17, 15) is 13.5 Å². The van der Waals surface area contributed by atoms with Gasteiger partial charge in [-0.25, -0.2) is 8.42 Å². The van der Waals surface area contributed by atoms with Gasteiger partial charge in [-0.05, 0) is 18.2 Å². The van der Waals surface area contributed by atoms with Crippen molar-refractivity contribution in [2.45, 2.75) is 4.90 Å². The highest BCUT2D eigenvalue weighted by atomic mass is 35.5. The van der Waals surface area contributed by atoms with Gasteiger partial charge in [0.05, 0.1) is 17.8 Å². The Hall–Kier alpha value is -1.99. The number of aromatic nitrogens is 1. The van der Waals surface area contributed by atoms with Gasteiger partial charge in [-0.2, -0.15) is 0 Å². The maximum Gasteiger partial charge on any atom is 0.264 e. The van der Waals surface area contributed by atoms with Gasteiger partial charge in [0.25, 0.3) is 10.0 Å². The number of aromatic hydroxyl groups is 1. The number of hydrogen-bond donors (Lipinski definition) is 2. The molecule has 20 heavy (non-hydrogen) atoms. The number of halogens is 1. The summed E-state index contributed by atoms with van der Waals surface area (Å²) in [4.78, 5) is 3.58. The molecular weight excluding hydrogens is 304 g/mol. The van der Waals surface area contributed by atoms with Gasteiger partial charge in [-0.1, -0.05) is 11.6 Å². The molecule has 0 aliphatic heterocycles. The normalized spacial score (nSPS) is 11.1. The van der Waals surface area contributed by atoms with Crippen LogP contribution >= 0.6 is 11.6 Å². The average molecular weight is 315 g/mol. The second kappa shape index (κ2) is 5.56. The molecular formula is C12H11ClN2O4S. The van der Waals surface area contributed by atoms with E-state index in [1.165, 1.54) is 37.6 Å². The van der Waals surface area contributed by atoms with E-state index in [4.69, 9.17) is 16.3 Å². The maximum atomic E-state index is 12.1. The number of nitrogens with one attached hydrogen (secondary N) is 1. The molecule has 0 aliphatic carbocycles. The summed E-state index contributed by atoms with van der Waals surface area (Å²) in [7, 11) is -2.48. The smallest absolute Gasteiger partial charge is 0.264 e. The van der Waals surface area contributed by atoms with Crippen LogP contribution in [0, 0.1) is 0 Å². The lowest BCUT2D eigenvalue weighted by atomic mass is 10.3. The van der Waals surface area contributed by atoms with Crippen molar-refractivity contribution in [3.05, 3.63) is 41.7 Å². The predicted molar refractivity (Wildman–Crippen MR) is 74.7 cm³/mol. The molecule has 1 aromatic carbocycles. The summed E-state index contributed by atoms with van der Waals surface area (Å²) in [5.74, 6) is 0.0670. The third-order valence-electron chi connectivity index (χ3n) is 2.45. The molecule has 1 aromatic heterocycles. The first-order valence-electron chi connectivity index (χ1n) is 5.43. The lowest BCUT2D eigenvalue weighted by Crippen LogP contribution is -2.13. The molecule has 106 valence electrons. The molecule has 0 saturated heterocycles. The zero-order chi connectivity index (χ0) is 14.8. The first-order valence-corrected chi connectivity index (χ1v) is 7.29. The molecule has 0 fully saturated rings. The molecule has 1 heterocycles. The van der Waals surface area contributed by atoms with Crippen LogP contribution in [0.2, 0.25) is 5.02 Å². The van der Waals surface area contributed by atoms with Crippen LogP contribution in [0.4, 0.5) is 5.69 Å². The minimum atomic E-state index is -3.88. The van der Waals surface area contributed by atoms with E-state index >= 15 is 0 Å². The number of benzene rings is 1. The molecule has 0 radical (unpaired) electrons. The Morgan fingerprint density at radius 1 is 1.35 bits per heavy atom. The first-order chi connectivity index (χ1) is 9.44. The number of sulfonamides is 1. The van der Waals surface area contributed by atoms with E-state index in [0.717, 1.165) is 6.20 Å². The van der Waals surface area contributed by atoms with Gasteiger partial charge in [0.1, 0.15) is 4.90 Å². The van der Waals surface area contributed by atoms with E-state index in [1.807, 2.05) is 0 Å². The Kier molecular flexibility index (Phi) is 4.01. The molecule has 0 aliphatic rings. The molecule has 2 N–H and O–H groups in total. The van der Waals surface area contributed by atoms with Crippen molar-refractivity contribution >= 4 is 27.3 Å². The Balaban J connectivity index is 2.34. The monoisotopic (exact) mass is 314 g/mol. The molecule has 0 bridgehead atoms. The van der Waals surface area contributed by atoms with Gasteiger partial charge in [-0.15, -0.1) is 0 Å². The quantitative estimate of drug-likeness (QED) is 0.903. The van der Waals surface area contributed by atoms with Crippen LogP contribution in [0.5, 0.6) is 11.5 Å². The highest BCUT2D eigenvalue weighted by Gasteiger charge is 2.18. The minimum Gasteiger partial charge on any atom is -0.504 e. The Bertz CT molecular complexity index is 734. The van der Waals surface area contributed by atoms with Crippen LogP contribution in [0.3, 0.4) is 0 Å². The summed E-state index contributed by atoms with van der Waals surface area (Å²) < 4.78 is 31.5. The minimum absolute atomic E-state index is 0.0604. The van der Waals surface area contributed by atoms with E-state index in [1.54, 1.807) is 0 Å². The van der Waals surface area contributed by atoms with Crippen molar-refractivity contribution in [3.63, 3.8) is 0 Å². The van der Waals surface area contributed by atoms with Crippen LogP contribution in [-0.4, -0.2) is 25.6 Å². The van der Waals surface area contributed by atoms with Crippen molar-refractivity contribution in [2.24, 2.45) is 0 Å². The Labute approximate surface area is 121 Å². The molecule has 6 nitrogen and oxygen atoms in total. The number of nitrogens with zero attached hydrogens (tertiary/aromatic N) is 1. The van der Waals surface area contributed by atoms with Crippen molar-refractivity contribution in [2.75, 3.05) is 11.8 Å². The molecule has 0 saturated carbocycles. The van der Waals surface area contributed by atoms with Crippen LogP contribution < -0.4 is 9.46 Å². The second-order valence-electron chi connectivity index (χ2n) is 3.80. The summed E-state index contributed by atoms with van der Waals surface area (Å²) in [6.07, 6.45) is 2.54. The van der Waals surface area contributed by atoms with Gasteiger partial charge in [-0.3, -0.25) is 9.71 Å². The van der Waals surface area contributed by atoms with Crippen molar-refractivity contribution in [3.8, 4) is 11.5 Å². The second-order valence-corrected chi connectivity index (χ2v) is 5.86. The average Bonchev–Trinajstić information content (AvgIpc) is 2.38. The molecule has 0 amide bonds. The topological polar surface area (TPSA) is 88.5 Å². The summed E-state index contributed by atoms with van der Waals surface area (Å²) in [5, 5.41) is 9.68. The van der Waals surface area contributed by atoms with Crippen LogP contribution in [0.15, 0.2) is 41.6 Å². The molecule has 0 atom stereocenters. The van der Waals surface area contributed by atoms with Gasteiger partial charge in [0.15, 0.2) is 11.5 Å². The van der Waals surface area contributed by atoms with Crippen LogP contribution in [0.25, 0.3) is 0 Å². The number of rotatable bonds is 4. The first kappa shape index (κ1) is 14.4. The Morgan fingerprint density at radius 2 is 2.10 bits per heavy atom.